The molecular formula is C12H9FN2O3S. The number of rotatable bonds is 2. The fraction of sp³-hybridized carbons (Fsp3) is 0.0833. The van der Waals surface area contributed by atoms with Crippen LogP contribution in [0.4, 0.5) is 4.39 Å². The molecule has 0 bridgehead atoms. The number of carbonyl (C=O) groups excluding carboxylic acids is 1. The highest BCUT2D eigenvalue weighted by molar-refractivity contribution is 7.96. The highest BCUT2D eigenvalue weighted by atomic mass is 32.1. The summed E-state index contributed by atoms with van der Waals surface area (Å²) in [5.74, 6) is -1.12. The van der Waals surface area contributed by atoms with Crippen LogP contribution in [0.5, 0.6) is 0 Å². The molecule has 1 heterocycles. The standard InChI is InChI=1S/C6H5FN2O3S.C6H4/c7-3-1-9(2-4(10)13)6(12)8-5(3)11;1-2-5-4-6(5)3-1/h1H,2H2,(H,10,13)(H,8,11,12);1-4H. The Morgan fingerprint density at radius 3 is 2.37 bits per heavy atom. The number of thiol groups is 1. The van der Waals surface area contributed by atoms with Gasteiger partial charge in [0.05, 0.1) is 12.7 Å². The molecule has 0 unspecified atom stereocenters. The molecular weight excluding hydrogens is 271 g/mol. The third-order valence-corrected chi connectivity index (χ3v) is 2.53. The van der Waals surface area contributed by atoms with Crippen LogP contribution in [0.1, 0.15) is 0 Å². The monoisotopic (exact) mass is 280 g/mol. The van der Waals surface area contributed by atoms with Gasteiger partial charge in [-0.1, -0.05) is 18.2 Å². The summed E-state index contributed by atoms with van der Waals surface area (Å²) in [6, 6.07) is 8.48. The molecule has 0 saturated carbocycles. The molecule has 2 aliphatic carbocycles. The van der Waals surface area contributed by atoms with Crippen molar-refractivity contribution < 1.29 is 9.18 Å². The second-order valence-corrected chi connectivity index (χ2v) is 4.34. The molecule has 0 radical (unpaired) electrons. The van der Waals surface area contributed by atoms with Crippen molar-refractivity contribution in [1.29, 1.82) is 0 Å². The van der Waals surface area contributed by atoms with E-state index < -0.39 is 22.2 Å². The minimum atomic E-state index is -1.12. The highest BCUT2D eigenvalue weighted by Crippen LogP contribution is 2.32. The van der Waals surface area contributed by atoms with Gasteiger partial charge in [0, 0.05) is 0 Å². The van der Waals surface area contributed by atoms with Gasteiger partial charge >= 0.3 is 5.69 Å². The third-order valence-electron chi connectivity index (χ3n) is 2.39. The van der Waals surface area contributed by atoms with Crippen molar-refractivity contribution in [3.63, 3.8) is 0 Å². The Morgan fingerprint density at radius 2 is 1.95 bits per heavy atom. The molecule has 1 aromatic heterocycles. The SMILES string of the molecule is O=C(S)Cn1cc(F)c(=O)[nH]c1=O.c1cc2cc-2c1. The second kappa shape index (κ2) is 5.23. The number of nitrogens with one attached hydrogen (secondary N) is 1. The molecule has 5 nitrogen and oxygen atoms in total. The molecule has 19 heavy (non-hydrogen) atoms. The quantitative estimate of drug-likeness (QED) is 0.682. The van der Waals surface area contributed by atoms with E-state index in [0.29, 0.717) is 6.20 Å². The van der Waals surface area contributed by atoms with Crippen LogP contribution in [0.2, 0.25) is 0 Å². The van der Waals surface area contributed by atoms with Crippen LogP contribution >= 0.6 is 12.6 Å². The normalized spacial score (nSPS) is 10.4. The molecule has 0 aromatic carbocycles. The van der Waals surface area contributed by atoms with Gasteiger partial charge in [0.1, 0.15) is 0 Å². The number of aromatic nitrogens is 2. The Bertz CT molecular complexity index is 734. The summed E-state index contributed by atoms with van der Waals surface area (Å²) < 4.78 is 13.3. The summed E-state index contributed by atoms with van der Waals surface area (Å²) in [6.07, 6.45) is 0.662. The number of halogens is 1. The molecule has 3 rings (SSSR count). The maximum absolute atomic E-state index is 12.6. The number of hydrogen-bond donors (Lipinski definition) is 2. The largest absolute Gasteiger partial charge is 0.328 e. The number of aromatic amines is 1. The van der Waals surface area contributed by atoms with Crippen molar-refractivity contribution in [3.05, 3.63) is 57.1 Å². The number of fused-ring (bicyclic) bond motifs is 1. The first-order chi connectivity index (χ1) is 8.97. The van der Waals surface area contributed by atoms with Gasteiger partial charge in [0.2, 0.25) is 10.9 Å². The molecule has 2 aliphatic rings. The van der Waals surface area contributed by atoms with E-state index >= 15 is 0 Å². The zero-order valence-corrected chi connectivity index (χ0v) is 10.5. The first-order valence-electron chi connectivity index (χ1n) is 5.29. The van der Waals surface area contributed by atoms with Crippen LogP contribution in [0.25, 0.3) is 11.1 Å². The van der Waals surface area contributed by atoms with E-state index in [1.165, 1.54) is 11.1 Å². The van der Waals surface area contributed by atoms with Crippen LogP contribution in [0, 0.1) is 5.82 Å². The predicted octanol–water partition coefficient (Wildman–Crippen LogP) is 0.799. The van der Waals surface area contributed by atoms with Crippen molar-refractivity contribution in [3.8, 4) is 11.1 Å². The lowest BCUT2D eigenvalue weighted by atomic mass is 10.6. The van der Waals surface area contributed by atoms with Crippen LogP contribution in [0.3, 0.4) is 0 Å². The molecule has 0 atom stereocenters. The third kappa shape index (κ3) is 3.41. The molecule has 0 spiro atoms. The van der Waals surface area contributed by atoms with Gasteiger partial charge < -0.3 is 0 Å². The molecule has 0 fully saturated rings. The number of H-pyrrole nitrogens is 1. The molecule has 0 aliphatic heterocycles. The first kappa shape index (κ1) is 13.3. The number of carbonyl (C=O) groups is 1. The van der Waals surface area contributed by atoms with Crippen LogP contribution in [-0.2, 0) is 11.3 Å². The van der Waals surface area contributed by atoms with E-state index in [-0.39, 0.29) is 6.54 Å². The molecule has 98 valence electrons. The summed E-state index contributed by atoms with van der Waals surface area (Å²) in [5, 5.41) is -0.603. The van der Waals surface area contributed by atoms with Gasteiger partial charge in [-0.25, -0.2) is 4.79 Å². The Balaban J connectivity index is 0.000000180. The van der Waals surface area contributed by atoms with Crippen molar-refractivity contribution in [1.82, 2.24) is 9.55 Å². The second-order valence-electron chi connectivity index (χ2n) is 3.84. The Kier molecular flexibility index (Phi) is 3.66. The van der Waals surface area contributed by atoms with Crippen LogP contribution < -0.4 is 11.2 Å². The molecule has 7 heteroatoms. The lowest BCUT2D eigenvalue weighted by molar-refractivity contribution is -0.111. The van der Waals surface area contributed by atoms with Gasteiger partial charge in [0.25, 0.3) is 5.56 Å². The maximum atomic E-state index is 12.6. The molecule has 1 aromatic rings. The van der Waals surface area contributed by atoms with E-state index in [1.54, 1.807) is 4.98 Å². The number of nitrogens with zero attached hydrogens (tertiary/aromatic N) is 1. The smallest absolute Gasteiger partial charge is 0.289 e. The summed E-state index contributed by atoms with van der Waals surface area (Å²) in [5.41, 5.74) is 0.909. The maximum Gasteiger partial charge on any atom is 0.328 e. The number of benzene rings is 1. The summed E-state index contributed by atoms with van der Waals surface area (Å²) in [4.78, 5) is 33.6. The van der Waals surface area contributed by atoms with Gasteiger partial charge in [-0.3, -0.25) is 19.1 Å². The van der Waals surface area contributed by atoms with Crippen LogP contribution in [-0.4, -0.2) is 14.7 Å². The minimum Gasteiger partial charge on any atom is -0.289 e. The zero-order chi connectivity index (χ0) is 14.0. The Hall–Kier alpha value is -2.15. The Morgan fingerprint density at radius 1 is 1.32 bits per heavy atom. The fourth-order valence-corrected chi connectivity index (χ4v) is 1.57. The summed E-state index contributed by atoms with van der Waals surface area (Å²) in [6.45, 7) is -0.379. The first-order valence-corrected chi connectivity index (χ1v) is 5.73. The average molecular weight is 280 g/mol. The molecule has 0 saturated heterocycles. The zero-order valence-electron chi connectivity index (χ0n) is 9.59. The van der Waals surface area contributed by atoms with Gasteiger partial charge in [-0.2, -0.15) is 4.39 Å². The topological polar surface area (TPSA) is 71.9 Å². The van der Waals surface area contributed by atoms with Gasteiger partial charge in [-0.15, -0.1) is 12.6 Å². The van der Waals surface area contributed by atoms with E-state index in [0.717, 1.165) is 4.57 Å². The minimum absolute atomic E-state index is 0.379. The van der Waals surface area contributed by atoms with Crippen molar-refractivity contribution >= 4 is 17.7 Å². The van der Waals surface area contributed by atoms with E-state index in [9.17, 15) is 18.8 Å². The summed E-state index contributed by atoms with van der Waals surface area (Å²) >= 11 is 3.40. The van der Waals surface area contributed by atoms with Crippen molar-refractivity contribution in [2.24, 2.45) is 0 Å². The Labute approximate surface area is 112 Å². The molecule has 1 N–H and O–H groups in total. The van der Waals surface area contributed by atoms with E-state index in [4.69, 9.17) is 0 Å². The van der Waals surface area contributed by atoms with E-state index in [1.807, 2.05) is 0 Å². The lowest BCUT2D eigenvalue weighted by Gasteiger charge is -1.99. The predicted molar refractivity (Wildman–Crippen MR) is 70.7 cm³/mol. The van der Waals surface area contributed by atoms with Crippen LogP contribution in [0.15, 0.2) is 40.1 Å². The fourth-order valence-electron chi connectivity index (χ4n) is 1.42. The van der Waals surface area contributed by atoms with Gasteiger partial charge in [-0.05, 0) is 17.2 Å². The average Bonchev–Trinajstić information content (AvgIpc) is 2.93. The van der Waals surface area contributed by atoms with Gasteiger partial charge in [0.15, 0.2) is 0 Å². The number of hydrogen-bond acceptors (Lipinski definition) is 3. The lowest BCUT2D eigenvalue weighted by Crippen LogP contribution is -2.32. The van der Waals surface area contributed by atoms with Crippen molar-refractivity contribution in [2.75, 3.05) is 0 Å². The summed E-state index contributed by atoms with van der Waals surface area (Å²) in [7, 11) is 0. The molecule has 0 amide bonds. The van der Waals surface area contributed by atoms with E-state index in [2.05, 4.69) is 36.9 Å². The van der Waals surface area contributed by atoms with Crippen molar-refractivity contribution in [2.45, 2.75) is 6.54 Å². The highest BCUT2D eigenvalue weighted by Gasteiger charge is 2.07.